The molecule has 2 rings (SSSR count). The first kappa shape index (κ1) is 19.1. The first-order valence-corrected chi connectivity index (χ1v) is 8.23. The van der Waals surface area contributed by atoms with Crippen LogP contribution in [-0.4, -0.2) is 12.6 Å². The highest BCUT2D eigenvalue weighted by molar-refractivity contribution is 5.74. The summed E-state index contributed by atoms with van der Waals surface area (Å²) in [5.41, 5.74) is 9.82. The van der Waals surface area contributed by atoms with Crippen LogP contribution in [0, 0.1) is 32.4 Å². The van der Waals surface area contributed by atoms with E-state index in [0.717, 1.165) is 16.7 Å². The molecule has 0 amide bonds. The summed E-state index contributed by atoms with van der Waals surface area (Å²) in [6, 6.07) is 5.40. The van der Waals surface area contributed by atoms with E-state index in [1.165, 1.54) is 12.1 Å². The van der Waals surface area contributed by atoms with Gasteiger partial charge in [0.05, 0.1) is 13.0 Å². The molecule has 0 heterocycles. The maximum Gasteiger partial charge on any atom is 0.307 e. The zero-order valence-electron chi connectivity index (χ0n) is 15.0. The van der Waals surface area contributed by atoms with E-state index in [1.807, 2.05) is 0 Å². The van der Waals surface area contributed by atoms with E-state index in [-0.39, 0.29) is 18.8 Å². The fraction of sp³-hybridized carbons (Fsp3) is 0.350. The standard InChI is InChI=1S/C20H23F2NO2/c1-5-25-18(24)10-17(23)19-13(4)16(9-12(3)20(19)22)15-7-6-14(21)8-11(15)2/h6-9,17H,5,10,23H2,1-4H3. The molecule has 0 aliphatic heterocycles. The average molecular weight is 347 g/mol. The Kier molecular flexibility index (Phi) is 5.90. The minimum Gasteiger partial charge on any atom is -0.466 e. The summed E-state index contributed by atoms with van der Waals surface area (Å²) < 4.78 is 33.0. The van der Waals surface area contributed by atoms with Crippen LogP contribution in [0.15, 0.2) is 24.3 Å². The molecule has 0 radical (unpaired) electrons. The summed E-state index contributed by atoms with van der Waals surface area (Å²) in [5.74, 6) is -1.20. The van der Waals surface area contributed by atoms with E-state index in [9.17, 15) is 13.6 Å². The number of nitrogens with two attached hydrogens (primary N) is 1. The third-order valence-corrected chi connectivity index (χ3v) is 4.29. The van der Waals surface area contributed by atoms with Crippen LogP contribution in [0.25, 0.3) is 11.1 Å². The largest absolute Gasteiger partial charge is 0.466 e. The highest BCUT2D eigenvalue weighted by atomic mass is 19.1. The molecule has 0 saturated carbocycles. The smallest absolute Gasteiger partial charge is 0.307 e. The second-order valence-electron chi connectivity index (χ2n) is 6.17. The Balaban J connectivity index is 2.54. The van der Waals surface area contributed by atoms with E-state index < -0.39 is 17.8 Å². The Morgan fingerprint density at radius 3 is 2.40 bits per heavy atom. The van der Waals surface area contributed by atoms with Gasteiger partial charge in [0.15, 0.2) is 0 Å². The van der Waals surface area contributed by atoms with Crippen molar-refractivity contribution in [2.75, 3.05) is 6.61 Å². The van der Waals surface area contributed by atoms with Gasteiger partial charge in [-0.1, -0.05) is 6.07 Å². The fourth-order valence-corrected chi connectivity index (χ4v) is 3.06. The maximum absolute atomic E-state index is 14.7. The highest BCUT2D eigenvalue weighted by Crippen LogP contribution is 2.35. The van der Waals surface area contributed by atoms with Crippen LogP contribution < -0.4 is 5.73 Å². The molecule has 0 bridgehead atoms. The lowest BCUT2D eigenvalue weighted by Gasteiger charge is -2.20. The third kappa shape index (κ3) is 4.04. The highest BCUT2D eigenvalue weighted by Gasteiger charge is 2.23. The van der Waals surface area contributed by atoms with Crippen LogP contribution in [0.1, 0.15) is 41.6 Å². The average Bonchev–Trinajstić information content (AvgIpc) is 2.52. The summed E-state index contributed by atoms with van der Waals surface area (Å²) in [5, 5.41) is 0. The minimum atomic E-state index is -0.807. The molecule has 25 heavy (non-hydrogen) atoms. The lowest BCUT2D eigenvalue weighted by molar-refractivity contribution is -0.143. The van der Waals surface area contributed by atoms with Crippen LogP contribution in [-0.2, 0) is 9.53 Å². The lowest BCUT2D eigenvalue weighted by Crippen LogP contribution is -2.20. The molecule has 0 aliphatic rings. The molecule has 1 unspecified atom stereocenters. The molecule has 2 aromatic carbocycles. The summed E-state index contributed by atoms with van der Waals surface area (Å²) in [6.45, 7) is 7.17. The van der Waals surface area contributed by atoms with Gasteiger partial charge in [-0.05, 0) is 73.7 Å². The predicted molar refractivity (Wildman–Crippen MR) is 94.2 cm³/mol. The van der Waals surface area contributed by atoms with Crippen molar-refractivity contribution in [1.82, 2.24) is 0 Å². The van der Waals surface area contributed by atoms with Gasteiger partial charge in [0, 0.05) is 11.6 Å². The minimum absolute atomic E-state index is 0.100. The molecule has 0 aromatic heterocycles. The van der Waals surface area contributed by atoms with Gasteiger partial charge in [0.2, 0.25) is 0 Å². The summed E-state index contributed by atoms with van der Waals surface area (Å²) in [7, 11) is 0. The maximum atomic E-state index is 14.7. The Morgan fingerprint density at radius 2 is 1.80 bits per heavy atom. The van der Waals surface area contributed by atoms with Crippen molar-refractivity contribution in [1.29, 1.82) is 0 Å². The fourth-order valence-electron chi connectivity index (χ4n) is 3.06. The third-order valence-electron chi connectivity index (χ3n) is 4.29. The van der Waals surface area contributed by atoms with Crippen molar-refractivity contribution in [3.63, 3.8) is 0 Å². The molecule has 134 valence electrons. The van der Waals surface area contributed by atoms with Crippen molar-refractivity contribution in [2.45, 2.75) is 40.2 Å². The number of benzene rings is 2. The Morgan fingerprint density at radius 1 is 1.12 bits per heavy atom. The molecule has 2 aromatic rings. The predicted octanol–water partition coefficient (Wildman–Crippen LogP) is 4.51. The molecule has 2 N–H and O–H groups in total. The normalized spacial score (nSPS) is 12.1. The Labute approximate surface area is 146 Å². The van der Waals surface area contributed by atoms with Gasteiger partial charge < -0.3 is 10.5 Å². The molecule has 0 saturated heterocycles. The number of aryl methyl sites for hydroxylation is 2. The molecule has 3 nitrogen and oxygen atoms in total. The molecular formula is C20H23F2NO2. The van der Waals surface area contributed by atoms with Gasteiger partial charge in [-0.2, -0.15) is 0 Å². The summed E-state index contributed by atoms with van der Waals surface area (Å²) in [4.78, 5) is 11.7. The van der Waals surface area contributed by atoms with E-state index in [0.29, 0.717) is 16.7 Å². The van der Waals surface area contributed by atoms with Crippen LogP contribution in [0.5, 0.6) is 0 Å². The summed E-state index contributed by atoms with van der Waals surface area (Å²) >= 11 is 0. The summed E-state index contributed by atoms with van der Waals surface area (Å²) in [6.07, 6.45) is -0.100. The number of carbonyl (C=O) groups excluding carboxylic acids is 1. The zero-order valence-corrected chi connectivity index (χ0v) is 15.0. The van der Waals surface area contributed by atoms with Crippen molar-refractivity contribution >= 4 is 5.97 Å². The van der Waals surface area contributed by atoms with E-state index in [1.54, 1.807) is 39.8 Å². The van der Waals surface area contributed by atoms with E-state index >= 15 is 0 Å². The first-order chi connectivity index (χ1) is 11.8. The molecule has 0 fully saturated rings. The molecule has 5 heteroatoms. The molecule has 0 spiro atoms. The first-order valence-electron chi connectivity index (χ1n) is 8.23. The van der Waals surface area contributed by atoms with Crippen molar-refractivity contribution in [2.24, 2.45) is 5.73 Å². The Bertz CT molecular complexity index is 803. The van der Waals surface area contributed by atoms with Gasteiger partial charge in [-0.15, -0.1) is 0 Å². The van der Waals surface area contributed by atoms with Crippen LogP contribution in [0.2, 0.25) is 0 Å². The van der Waals surface area contributed by atoms with Gasteiger partial charge in [-0.25, -0.2) is 8.78 Å². The van der Waals surface area contributed by atoms with Crippen LogP contribution >= 0.6 is 0 Å². The lowest BCUT2D eigenvalue weighted by atomic mass is 9.88. The number of esters is 1. The van der Waals surface area contributed by atoms with Gasteiger partial charge in [-0.3, -0.25) is 4.79 Å². The quantitative estimate of drug-likeness (QED) is 0.810. The van der Waals surface area contributed by atoms with E-state index in [2.05, 4.69) is 0 Å². The van der Waals surface area contributed by atoms with E-state index in [4.69, 9.17) is 10.5 Å². The number of halogens is 2. The van der Waals surface area contributed by atoms with Crippen molar-refractivity contribution in [3.8, 4) is 11.1 Å². The number of carbonyl (C=O) groups is 1. The number of rotatable bonds is 5. The Hall–Kier alpha value is -2.27. The molecule has 0 aliphatic carbocycles. The van der Waals surface area contributed by atoms with Gasteiger partial charge >= 0.3 is 5.97 Å². The van der Waals surface area contributed by atoms with Crippen molar-refractivity contribution < 1.29 is 18.3 Å². The monoisotopic (exact) mass is 347 g/mol. The second-order valence-corrected chi connectivity index (χ2v) is 6.17. The molecular weight excluding hydrogens is 324 g/mol. The number of ether oxygens (including phenoxy) is 1. The van der Waals surface area contributed by atoms with Gasteiger partial charge in [0.1, 0.15) is 11.6 Å². The number of hydrogen-bond donors (Lipinski definition) is 1. The van der Waals surface area contributed by atoms with Gasteiger partial charge in [0.25, 0.3) is 0 Å². The SMILES string of the molecule is CCOC(=O)CC(N)c1c(C)c(-c2ccc(F)cc2C)cc(C)c1F. The zero-order chi connectivity index (χ0) is 18.7. The molecule has 1 atom stereocenters. The topological polar surface area (TPSA) is 52.3 Å². The number of hydrogen-bond acceptors (Lipinski definition) is 3. The second kappa shape index (κ2) is 7.74. The van der Waals surface area contributed by atoms with Crippen LogP contribution in [0.3, 0.4) is 0 Å². The van der Waals surface area contributed by atoms with Crippen molar-refractivity contribution in [3.05, 3.63) is 58.2 Å². The van der Waals surface area contributed by atoms with Crippen LogP contribution in [0.4, 0.5) is 8.78 Å².